The molecule has 0 aliphatic heterocycles. The molecule has 1 N–H and O–H groups in total. The Hall–Kier alpha value is -1.78. The monoisotopic (exact) mass is 344 g/mol. The van der Waals surface area contributed by atoms with Crippen LogP contribution in [0.15, 0.2) is 59.2 Å². The zero-order valence-corrected chi connectivity index (χ0v) is 13.1. The highest BCUT2D eigenvalue weighted by Gasteiger charge is 2.18. The van der Waals surface area contributed by atoms with Crippen LogP contribution in [0.5, 0.6) is 0 Å². The van der Waals surface area contributed by atoms with E-state index in [0.29, 0.717) is 5.56 Å². The average molecular weight is 345 g/mol. The molecule has 1 unspecified atom stereocenters. The molecule has 3 aromatic rings. The molecule has 0 saturated heterocycles. The predicted molar refractivity (Wildman–Crippen MR) is 86.7 cm³/mol. The van der Waals surface area contributed by atoms with Crippen molar-refractivity contribution in [2.24, 2.45) is 0 Å². The van der Waals surface area contributed by atoms with E-state index >= 15 is 0 Å². The Morgan fingerprint density at radius 3 is 2.71 bits per heavy atom. The second-order valence-corrected chi connectivity index (χ2v) is 5.72. The number of halogens is 2. The van der Waals surface area contributed by atoms with Gasteiger partial charge in [-0.15, -0.1) is 0 Å². The molecule has 0 radical (unpaired) electrons. The van der Waals surface area contributed by atoms with Crippen LogP contribution < -0.4 is 5.32 Å². The molecule has 1 aromatic heterocycles. The Kier molecular flexibility index (Phi) is 3.99. The summed E-state index contributed by atoms with van der Waals surface area (Å²) >= 11 is 3.29. The molecular formula is C17H14BrFN2. The van der Waals surface area contributed by atoms with Crippen molar-refractivity contribution < 1.29 is 4.39 Å². The molecule has 0 amide bonds. The normalized spacial score (nSPS) is 12.5. The van der Waals surface area contributed by atoms with Gasteiger partial charge in [-0.1, -0.05) is 40.2 Å². The first kappa shape index (κ1) is 14.2. The molecule has 0 aliphatic carbocycles. The third-order valence-electron chi connectivity index (χ3n) is 3.55. The van der Waals surface area contributed by atoms with Gasteiger partial charge >= 0.3 is 0 Å². The maximum atomic E-state index is 14.3. The van der Waals surface area contributed by atoms with Gasteiger partial charge in [-0.3, -0.25) is 4.98 Å². The van der Waals surface area contributed by atoms with Crippen molar-refractivity contribution in [3.63, 3.8) is 0 Å². The number of aromatic nitrogens is 1. The van der Waals surface area contributed by atoms with Crippen LogP contribution in [0.1, 0.15) is 17.2 Å². The van der Waals surface area contributed by atoms with Crippen molar-refractivity contribution in [1.29, 1.82) is 0 Å². The Labute approximate surface area is 131 Å². The van der Waals surface area contributed by atoms with Crippen molar-refractivity contribution in [2.75, 3.05) is 7.05 Å². The molecule has 4 heteroatoms. The summed E-state index contributed by atoms with van der Waals surface area (Å²) in [5.74, 6) is -0.232. The lowest BCUT2D eigenvalue weighted by Crippen LogP contribution is -2.19. The Morgan fingerprint density at radius 2 is 1.95 bits per heavy atom. The van der Waals surface area contributed by atoms with Gasteiger partial charge in [-0.25, -0.2) is 4.39 Å². The highest BCUT2D eigenvalue weighted by atomic mass is 79.9. The summed E-state index contributed by atoms with van der Waals surface area (Å²) in [6.07, 6.45) is 1.76. The van der Waals surface area contributed by atoms with Gasteiger partial charge in [0.05, 0.1) is 11.6 Å². The molecule has 2 aromatic carbocycles. The fourth-order valence-electron chi connectivity index (χ4n) is 2.59. The minimum Gasteiger partial charge on any atom is -0.309 e. The largest absolute Gasteiger partial charge is 0.309 e. The van der Waals surface area contributed by atoms with Crippen LogP contribution in [0, 0.1) is 5.82 Å². The van der Waals surface area contributed by atoms with Crippen LogP contribution >= 0.6 is 15.9 Å². The number of fused-ring (bicyclic) bond motifs is 1. The van der Waals surface area contributed by atoms with Gasteiger partial charge in [0.1, 0.15) is 5.82 Å². The lowest BCUT2D eigenvalue weighted by Gasteiger charge is -2.19. The molecule has 1 heterocycles. The van der Waals surface area contributed by atoms with E-state index in [9.17, 15) is 4.39 Å². The van der Waals surface area contributed by atoms with E-state index in [1.165, 1.54) is 6.07 Å². The van der Waals surface area contributed by atoms with E-state index < -0.39 is 0 Å². The summed E-state index contributed by atoms with van der Waals surface area (Å²) in [4.78, 5) is 4.36. The van der Waals surface area contributed by atoms with Gasteiger partial charge in [0.25, 0.3) is 0 Å². The number of benzene rings is 2. The highest BCUT2D eigenvalue weighted by molar-refractivity contribution is 9.10. The second-order valence-electron chi connectivity index (χ2n) is 4.80. The first-order chi connectivity index (χ1) is 10.2. The zero-order chi connectivity index (χ0) is 14.8. The van der Waals surface area contributed by atoms with E-state index in [4.69, 9.17) is 0 Å². The van der Waals surface area contributed by atoms with E-state index in [2.05, 4.69) is 26.2 Å². The number of rotatable bonds is 3. The Morgan fingerprint density at radius 1 is 1.10 bits per heavy atom. The van der Waals surface area contributed by atoms with Crippen molar-refractivity contribution in [2.45, 2.75) is 6.04 Å². The van der Waals surface area contributed by atoms with Gasteiger partial charge in [-0.2, -0.15) is 0 Å². The molecule has 0 bridgehead atoms. The maximum Gasteiger partial charge on any atom is 0.129 e. The molecule has 3 rings (SSSR count). The Bertz CT molecular complexity index is 783. The van der Waals surface area contributed by atoms with Crippen LogP contribution in [0.4, 0.5) is 4.39 Å². The fourth-order valence-corrected chi connectivity index (χ4v) is 2.93. The van der Waals surface area contributed by atoms with E-state index in [-0.39, 0.29) is 11.9 Å². The van der Waals surface area contributed by atoms with Crippen molar-refractivity contribution in [3.05, 3.63) is 76.1 Å². The third kappa shape index (κ3) is 2.69. The molecule has 21 heavy (non-hydrogen) atoms. The molecular weight excluding hydrogens is 331 g/mol. The molecule has 0 aliphatic rings. The summed E-state index contributed by atoms with van der Waals surface area (Å²) in [6, 6.07) is 14.8. The van der Waals surface area contributed by atoms with Crippen LogP contribution in [-0.2, 0) is 0 Å². The first-order valence-electron chi connectivity index (χ1n) is 6.66. The summed E-state index contributed by atoms with van der Waals surface area (Å²) in [7, 11) is 1.83. The maximum absolute atomic E-state index is 14.3. The molecule has 2 nitrogen and oxygen atoms in total. The van der Waals surface area contributed by atoms with Gasteiger partial charge < -0.3 is 5.32 Å². The van der Waals surface area contributed by atoms with Crippen molar-refractivity contribution in [1.82, 2.24) is 10.3 Å². The first-order valence-corrected chi connectivity index (χ1v) is 7.46. The van der Waals surface area contributed by atoms with Gasteiger partial charge in [0.2, 0.25) is 0 Å². The predicted octanol–water partition coefficient (Wildman–Crippen LogP) is 4.45. The average Bonchev–Trinajstić information content (AvgIpc) is 2.50. The van der Waals surface area contributed by atoms with E-state index in [0.717, 1.165) is 20.9 Å². The molecule has 0 saturated carbocycles. The minimum absolute atomic E-state index is 0.217. The minimum atomic E-state index is -0.232. The van der Waals surface area contributed by atoms with Crippen LogP contribution in [0.2, 0.25) is 0 Å². The number of hydrogen-bond acceptors (Lipinski definition) is 2. The second kappa shape index (κ2) is 5.92. The van der Waals surface area contributed by atoms with E-state index in [1.54, 1.807) is 12.3 Å². The third-order valence-corrected chi connectivity index (χ3v) is 4.05. The molecule has 106 valence electrons. The van der Waals surface area contributed by atoms with Gasteiger partial charge in [0.15, 0.2) is 0 Å². The SMILES string of the molecule is CNC(c1ccc(Br)cc1F)c1cccc2ncccc12. The number of pyridine rings is 1. The number of nitrogens with one attached hydrogen (secondary N) is 1. The van der Waals surface area contributed by atoms with Crippen molar-refractivity contribution >= 4 is 26.8 Å². The quantitative estimate of drug-likeness (QED) is 0.759. The van der Waals surface area contributed by atoms with Gasteiger partial charge in [-0.05, 0) is 36.9 Å². The molecule has 1 atom stereocenters. The molecule has 0 spiro atoms. The van der Waals surface area contributed by atoms with Gasteiger partial charge in [0, 0.05) is 21.6 Å². The molecule has 0 fully saturated rings. The lowest BCUT2D eigenvalue weighted by molar-refractivity contribution is 0.577. The van der Waals surface area contributed by atoms with Crippen LogP contribution in [-0.4, -0.2) is 12.0 Å². The standard InChI is InChI=1S/C17H14BrFN2/c1-20-17(14-8-7-11(18)10-15(14)19)13-4-2-6-16-12(13)5-3-9-21-16/h2-10,17,20H,1H3. The smallest absolute Gasteiger partial charge is 0.129 e. The zero-order valence-electron chi connectivity index (χ0n) is 11.5. The van der Waals surface area contributed by atoms with Crippen molar-refractivity contribution in [3.8, 4) is 0 Å². The summed E-state index contributed by atoms with van der Waals surface area (Å²) < 4.78 is 15.0. The fraction of sp³-hybridized carbons (Fsp3) is 0.118. The topological polar surface area (TPSA) is 24.9 Å². The Balaban J connectivity index is 2.18. The van der Waals surface area contributed by atoms with Crippen LogP contribution in [0.25, 0.3) is 10.9 Å². The van der Waals surface area contributed by atoms with Crippen LogP contribution in [0.3, 0.4) is 0 Å². The summed E-state index contributed by atoms with van der Waals surface area (Å²) in [5.41, 5.74) is 2.55. The number of nitrogens with zero attached hydrogens (tertiary/aromatic N) is 1. The lowest BCUT2D eigenvalue weighted by atomic mass is 9.95. The van der Waals surface area contributed by atoms with E-state index in [1.807, 2.05) is 43.4 Å². The number of hydrogen-bond donors (Lipinski definition) is 1. The highest BCUT2D eigenvalue weighted by Crippen LogP contribution is 2.30. The summed E-state index contributed by atoms with van der Waals surface area (Å²) in [6.45, 7) is 0. The summed E-state index contributed by atoms with van der Waals surface area (Å²) in [5, 5.41) is 4.23.